The molecular weight excluding hydrogens is 166 g/mol. The molecule has 4 heteroatoms. The highest BCUT2D eigenvalue weighted by molar-refractivity contribution is 5.55. The Bertz CT molecular complexity index is 425. The number of hydrogen-bond acceptors (Lipinski definition) is 4. The molecule has 0 fully saturated rings. The standard InChI is InChI=1S/C9H4N3O/c10-5-7-1-3-8(4-2-7)9-11-6-13-12-9/h1-4H. The van der Waals surface area contributed by atoms with Gasteiger partial charge in [-0.15, -0.1) is 0 Å². The lowest BCUT2D eigenvalue weighted by atomic mass is 10.1. The Hall–Kier alpha value is -2.15. The van der Waals surface area contributed by atoms with Crippen LogP contribution in [-0.2, 0) is 0 Å². The summed E-state index contributed by atoms with van der Waals surface area (Å²) in [6, 6.07) is 8.95. The smallest absolute Gasteiger partial charge is 0.316 e. The molecule has 0 amide bonds. The summed E-state index contributed by atoms with van der Waals surface area (Å²) in [5, 5.41) is 12.2. The second-order valence-corrected chi connectivity index (χ2v) is 2.40. The molecule has 0 unspecified atom stereocenters. The van der Waals surface area contributed by atoms with Gasteiger partial charge in [-0.1, -0.05) is 5.16 Å². The lowest BCUT2D eigenvalue weighted by molar-refractivity contribution is 0.411. The summed E-state index contributed by atoms with van der Waals surface area (Å²) in [5.74, 6) is 0.476. The molecule has 0 atom stereocenters. The van der Waals surface area contributed by atoms with Gasteiger partial charge in [0.15, 0.2) is 0 Å². The van der Waals surface area contributed by atoms with Crippen molar-refractivity contribution in [3.05, 3.63) is 36.2 Å². The highest BCUT2D eigenvalue weighted by Crippen LogP contribution is 2.14. The molecule has 1 radical (unpaired) electrons. The quantitative estimate of drug-likeness (QED) is 0.649. The first kappa shape index (κ1) is 7.50. The van der Waals surface area contributed by atoms with Crippen LogP contribution in [0.1, 0.15) is 5.56 Å². The average molecular weight is 170 g/mol. The number of aromatic nitrogens is 2. The van der Waals surface area contributed by atoms with Gasteiger partial charge in [0.1, 0.15) is 0 Å². The fraction of sp³-hybridized carbons (Fsp3) is 0. The Balaban J connectivity index is 2.40. The van der Waals surface area contributed by atoms with Gasteiger partial charge in [0.05, 0.1) is 11.6 Å². The van der Waals surface area contributed by atoms with Crippen molar-refractivity contribution in [2.24, 2.45) is 0 Å². The van der Waals surface area contributed by atoms with Crippen LogP contribution in [0.3, 0.4) is 0 Å². The van der Waals surface area contributed by atoms with E-state index in [2.05, 4.69) is 21.1 Å². The van der Waals surface area contributed by atoms with Crippen LogP contribution < -0.4 is 0 Å². The van der Waals surface area contributed by atoms with Gasteiger partial charge in [-0.05, 0) is 24.3 Å². The molecule has 0 saturated heterocycles. The van der Waals surface area contributed by atoms with Crippen molar-refractivity contribution in [1.82, 2.24) is 10.1 Å². The molecule has 1 heterocycles. The molecule has 0 N–H and O–H groups in total. The Morgan fingerprint density at radius 3 is 2.62 bits per heavy atom. The molecule has 1 aromatic carbocycles. The molecule has 61 valence electrons. The number of nitrogens with zero attached hydrogens (tertiary/aromatic N) is 3. The molecule has 4 nitrogen and oxygen atoms in total. The third-order valence-corrected chi connectivity index (χ3v) is 1.60. The minimum atomic E-state index is 0.476. The first-order valence-corrected chi connectivity index (χ1v) is 3.60. The lowest BCUT2D eigenvalue weighted by Gasteiger charge is -1.92. The molecule has 2 aromatic rings. The van der Waals surface area contributed by atoms with E-state index in [4.69, 9.17) is 5.26 Å². The maximum absolute atomic E-state index is 8.55. The Morgan fingerprint density at radius 2 is 2.08 bits per heavy atom. The predicted molar refractivity (Wildman–Crippen MR) is 43.3 cm³/mol. The maximum atomic E-state index is 8.55. The zero-order valence-corrected chi connectivity index (χ0v) is 6.56. The van der Waals surface area contributed by atoms with Crippen LogP contribution >= 0.6 is 0 Å². The van der Waals surface area contributed by atoms with E-state index in [0.29, 0.717) is 11.4 Å². The molecule has 0 aliphatic rings. The molecule has 1 aromatic heterocycles. The van der Waals surface area contributed by atoms with Crippen LogP contribution in [0.2, 0.25) is 0 Å². The molecule has 13 heavy (non-hydrogen) atoms. The van der Waals surface area contributed by atoms with Gasteiger partial charge in [-0.2, -0.15) is 10.2 Å². The van der Waals surface area contributed by atoms with Gasteiger partial charge in [-0.25, -0.2) is 0 Å². The summed E-state index contributed by atoms with van der Waals surface area (Å²) in [4.78, 5) is 3.76. The Labute approximate surface area is 74.4 Å². The van der Waals surface area contributed by atoms with E-state index in [1.54, 1.807) is 24.3 Å². The number of rotatable bonds is 1. The van der Waals surface area contributed by atoms with Crippen molar-refractivity contribution >= 4 is 0 Å². The topological polar surface area (TPSA) is 62.7 Å². The molecular formula is C9H4N3O. The van der Waals surface area contributed by atoms with E-state index in [1.807, 2.05) is 6.07 Å². The van der Waals surface area contributed by atoms with Gasteiger partial charge < -0.3 is 4.52 Å². The summed E-state index contributed by atoms with van der Waals surface area (Å²) < 4.78 is 4.47. The highest BCUT2D eigenvalue weighted by Gasteiger charge is 2.01. The van der Waals surface area contributed by atoms with E-state index >= 15 is 0 Å². The summed E-state index contributed by atoms with van der Waals surface area (Å²) in [6.45, 7) is 0. The fourth-order valence-electron chi connectivity index (χ4n) is 0.959. The Morgan fingerprint density at radius 1 is 1.31 bits per heavy atom. The normalized spacial score (nSPS) is 9.46. The molecule has 0 saturated carbocycles. The third-order valence-electron chi connectivity index (χ3n) is 1.60. The van der Waals surface area contributed by atoms with E-state index in [0.717, 1.165) is 5.56 Å². The van der Waals surface area contributed by atoms with Crippen molar-refractivity contribution in [2.45, 2.75) is 0 Å². The summed E-state index contributed by atoms with van der Waals surface area (Å²) in [7, 11) is 0. The molecule has 0 bridgehead atoms. The highest BCUT2D eigenvalue weighted by atomic mass is 16.5. The maximum Gasteiger partial charge on any atom is 0.316 e. The van der Waals surface area contributed by atoms with Crippen molar-refractivity contribution in [3.8, 4) is 17.5 Å². The first-order chi connectivity index (χ1) is 6.40. The van der Waals surface area contributed by atoms with Gasteiger partial charge in [0, 0.05) is 5.56 Å². The number of benzene rings is 1. The van der Waals surface area contributed by atoms with Crippen LogP contribution in [-0.4, -0.2) is 10.1 Å². The van der Waals surface area contributed by atoms with Gasteiger partial charge >= 0.3 is 6.39 Å². The Kier molecular flexibility index (Phi) is 1.77. The monoisotopic (exact) mass is 170 g/mol. The van der Waals surface area contributed by atoms with Crippen molar-refractivity contribution in [3.63, 3.8) is 0 Å². The minimum Gasteiger partial charge on any atom is -0.328 e. The first-order valence-electron chi connectivity index (χ1n) is 3.60. The third kappa shape index (κ3) is 1.40. The van der Waals surface area contributed by atoms with E-state index in [1.165, 1.54) is 0 Å². The SMILES string of the molecule is N#Cc1ccc(-c2n[c]on2)cc1. The molecule has 0 aliphatic carbocycles. The van der Waals surface area contributed by atoms with Crippen molar-refractivity contribution in [2.75, 3.05) is 0 Å². The lowest BCUT2D eigenvalue weighted by Crippen LogP contribution is -1.80. The van der Waals surface area contributed by atoms with Crippen molar-refractivity contribution < 1.29 is 4.52 Å². The van der Waals surface area contributed by atoms with Crippen LogP contribution in [0.4, 0.5) is 0 Å². The second-order valence-electron chi connectivity index (χ2n) is 2.40. The zero-order valence-electron chi connectivity index (χ0n) is 6.56. The van der Waals surface area contributed by atoms with Gasteiger partial charge in [0.25, 0.3) is 0 Å². The molecule has 2 rings (SSSR count). The predicted octanol–water partition coefficient (Wildman–Crippen LogP) is 1.41. The van der Waals surface area contributed by atoms with E-state index in [9.17, 15) is 0 Å². The minimum absolute atomic E-state index is 0.476. The average Bonchev–Trinajstić information content (AvgIpc) is 2.71. The summed E-state index contributed by atoms with van der Waals surface area (Å²) in [6.07, 6.45) is 2.26. The molecule has 0 aliphatic heterocycles. The van der Waals surface area contributed by atoms with E-state index < -0.39 is 0 Å². The summed E-state index contributed by atoms with van der Waals surface area (Å²) in [5.41, 5.74) is 1.42. The fourth-order valence-corrected chi connectivity index (χ4v) is 0.959. The number of nitriles is 1. The molecule has 0 spiro atoms. The van der Waals surface area contributed by atoms with Crippen LogP contribution in [0.25, 0.3) is 11.4 Å². The van der Waals surface area contributed by atoms with E-state index in [-0.39, 0.29) is 0 Å². The number of hydrogen-bond donors (Lipinski definition) is 0. The van der Waals surface area contributed by atoms with Crippen LogP contribution in [0, 0.1) is 17.7 Å². The van der Waals surface area contributed by atoms with Crippen LogP contribution in [0.5, 0.6) is 0 Å². The zero-order chi connectivity index (χ0) is 9.10. The largest absolute Gasteiger partial charge is 0.328 e. The van der Waals surface area contributed by atoms with Gasteiger partial charge in [0.2, 0.25) is 5.82 Å². The summed E-state index contributed by atoms with van der Waals surface area (Å²) >= 11 is 0. The second kappa shape index (κ2) is 3.07. The van der Waals surface area contributed by atoms with Gasteiger partial charge in [-0.3, -0.25) is 0 Å². The van der Waals surface area contributed by atoms with Crippen LogP contribution in [0.15, 0.2) is 28.8 Å². The van der Waals surface area contributed by atoms with Crippen molar-refractivity contribution in [1.29, 1.82) is 5.26 Å².